The molecule has 0 radical (unpaired) electrons. The molecule has 0 aliphatic carbocycles. The van der Waals surface area contributed by atoms with Crippen molar-refractivity contribution in [2.45, 2.75) is 13.3 Å². The van der Waals surface area contributed by atoms with Gasteiger partial charge in [0.2, 0.25) is 5.91 Å². The van der Waals surface area contributed by atoms with Crippen LogP contribution >= 0.6 is 0 Å². The summed E-state index contributed by atoms with van der Waals surface area (Å²) in [5.74, 6) is -0.491. The zero-order valence-electron chi connectivity index (χ0n) is 12.0. The first-order valence-corrected chi connectivity index (χ1v) is 6.74. The lowest BCUT2D eigenvalue weighted by Crippen LogP contribution is -2.12. The molecule has 1 aliphatic heterocycles. The average molecular weight is 298 g/mol. The third-order valence-corrected chi connectivity index (χ3v) is 3.64. The number of H-pyrrole nitrogens is 1. The number of nitrogens with one attached hydrogen (secondary N) is 2. The number of hydrogen-bond donors (Lipinski definition) is 3. The van der Waals surface area contributed by atoms with Gasteiger partial charge in [-0.3, -0.25) is 4.79 Å². The first-order chi connectivity index (χ1) is 10.5. The molecule has 0 bridgehead atoms. The lowest BCUT2D eigenvalue weighted by atomic mass is 10.0. The van der Waals surface area contributed by atoms with Crippen LogP contribution in [0.3, 0.4) is 0 Å². The molecule has 3 rings (SSSR count). The molecule has 0 unspecified atom stereocenters. The molecule has 0 aromatic carbocycles. The standard InChI is InChI=1S/C16H15FN4O/c1-8(3-14(18)11-5-15(22)21-9(11)2)13-7-20-16-12(13)4-10(17)6-19-16/h3-4,6-7H,1,5,18H2,2H3,(H,19,20)(H,21,22)/b14-3+. The van der Waals surface area contributed by atoms with Crippen LogP contribution < -0.4 is 11.1 Å². The number of hydrogen-bond acceptors (Lipinski definition) is 3. The van der Waals surface area contributed by atoms with Crippen LogP contribution in [0.2, 0.25) is 0 Å². The van der Waals surface area contributed by atoms with Crippen molar-refractivity contribution >= 4 is 22.5 Å². The van der Waals surface area contributed by atoms with Crippen LogP contribution in [0.4, 0.5) is 4.39 Å². The van der Waals surface area contributed by atoms with E-state index in [4.69, 9.17) is 5.73 Å². The molecule has 6 heteroatoms. The summed E-state index contributed by atoms with van der Waals surface area (Å²) in [4.78, 5) is 18.3. The molecule has 0 saturated carbocycles. The quantitative estimate of drug-likeness (QED) is 0.761. The van der Waals surface area contributed by atoms with Gasteiger partial charge in [-0.05, 0) is 24.6 Å². The van der Waals surface area contributed by atoms with E-state index in [2.05, 4.69) is 21.9 Å². The highest BCUT2D eigenvalue weighted by molar-refractivity contribution is 5.93. The Morgan fingerprint density at radius 2 is 2.32 bits per heavy atom. The Kier molecular flexibility index (Phi) is 3.29. The molecule has 22 heavy (non-hydrogen) atoms. The van der Waals surface area contributed by atoms with Crippen molar-refractivity contribution in [1.29, 1.82) is 0 Å². The second-order valence-electron chi connectivity index (χ2n) is 5.21. The third kappa shape index (κ3) is 2.39. The first kappa shape index (κ1) is 14.1. The zero-order valence-corrected chi connectivity index (χ0v) is 12.0. The number of fused-ring (bicyclic) bond motifs is 1. The fraction of sp³-hybridized carbons (Fsp3) is 0.125. The lowest BCUT2D eigenvalue weighted by Gasteiger charge is -2.05. The van der Waals surface area contributed by atoms with Gasteiger partial charge in [0.05, 0.1) is 12.6 Å². The minimum atomic E-state index is -0.415. The SMILES string of the molecule is C=C(/C=C(/N)C1=C(C)NC(=O)C1)c1c[nH]c2ncc(F)cc12. The van der Waals surface area contributed by atoms with Gasteiger partial charge in [0.25, 0.3) is 0 Å². The Labute approximate surface area is 126 Å². The fourth-order valence-electron chi connectivity index (χ4n) is 2.54. The Balaban J connectivity index is 1.96. The maximum atomic E-state index is 13.4. The van der Waals surface area contributed by atoms with E-state index >= 15 is 0 Å². The molecule has 0 atom stereocenters. The number of carbonyl (C=O) groups excluding carboxylic acids is 1. The van der Waals surface area contributed by atoms with E-state index in [1.807, 2.05) is 0 Å². The van der Waals surface area contributed by atoms with Crippen molar-refractivity contribution in [3.63, 3.8) is 0 Å². The summed E-state index contributed by atoms with van der Waals surface area (Å²) in [7, 11) is 0. The van der Waals surface area contributed by atoms with Crippen molar-refractivity contribution in [2.24, 2.45) is 5.73 Å². The summed E-state index contributed by atoms with van der Waals surface area (Å²) in [5.41, 5.74) is 9.97. The summed E-state index contributed by atoms with van der Waals surface area (Å²) in [6, 6.07) is 1.40. The van der Waals surface area contributed by atoms with Gasteiger partial charge in [0.15, 0.2) is 0 Å². The van der Waals surface area contributed by atoms with Gasteiger partial charge in [0, 0.05) is 34.1 Å². The smallest absolute Gasteiger partial charge is 0.228 e. The maximum absolute atomic E-state index is 13.4. The molecule has 0 fully saturated rings. The van der Waals surface area contributed by atoms with Gasteiger partial charge in [-0.1, -0.05) is 6.58 Å². The first-order valence-electron chi connectivity index (χ1n) is 6.74. The highest BCUT2D eigenvalue weighted by Crippen LogP contribution is 2.27. The Morgan fingerprint density at radius 1 is 1.55 bits per heavy atom. The number of nitrogens with zero attached hydrogens (tertiary/aromatic N) is 1. The molecule has 2 aromatic rings. The number of rotatable bonds is 3. The topological polar surface area (TPSA) is 83.8 Å². The molecular formula is C16H15FN4O. The lowest BCUT2D eigenvalue weighted by molar-refractivity contribution is -0.118. The minimum Gasteiger partial charge on any atom is -0.398 e. The highest BCUT2D eigenvalue weighted by atomic mass is 19.1. The van der Waals surface area contributed by atoms with E-state index in [9.17, 15) is 9.18 Å². The number of halogens is 1. The third-order valence-electron chi connectivity index (χ3n) is 3.64. The van der Waals surface area contributed by atoms with Crippen LogP contribution in [-0.4, -0.2) is 15.9 Å². The van der Waals surface area contributed by atoms with Crippen LogP contribution in [0.1, 0.15) is 18.9 Å². The van der Waals surface area contributed by atoms with Gasteiger partial charge in [-0.25, -0.2) is 9.37 Å². The zero-order chi connectivity index (χ0) is 15.9. The second-order valence-corrected chi connectivity index (χ2v) is 5.21. The summed E-state index contributed by atoms with van der Waals surface area (Å²) in [6.07, 6.45) is 4.81. The van der Waals surface area contributed by atoms with Crippen LogP contribution in [0.15, 0.2) is 48.1 Å². The molecule has 0 spiro atoms. The number of pyridine rings is 1. The van der Waals surface area contributed by atoms with Gasteiger partial charge in [-0.2, -0.15) is 0 Å². The molecule has 1 aliphatic rings. The largest absolute Gasteiger partial charge is 0.398 e. The molecule has 0 saturated heterocycles. The summed E-state index contributed by atoms with van der Waals surface area (Å²) < 4.78 is 13.4. The van der Waals surface area contributed by atoms with Gasteiger partial charge in [0.1, 0.15) is 11.5 Å². The van der Waals surface area contributed by atoms with Crippen LogP contribution in [0, 0.1) is 5.82 Å². The van der Waals surface area contributed by atoms with E-state index in [0.717, 1.165) is 23.0 Å². The molecule has 2 aromatic heterocycles. The van der Waals surface area contributed by atoms with Gasteiger partial charge >= 0.3 is 0 Å². The van der Waals surface area contributed by atoms with Crippen LogP contribution in [0.25, 0.3) is 16.6 Å². The van der Waals surface area contributed by atoms with E-state index < -0.39 is 5.82 Å². The van der Waals surface area contributed by atoms with Crippen molar-refractivity contribution in [2.75, 3.05) is 0 Å². The van der Waals surface area contributed by atoms with Crippen LogP contribution in [-0.2, 0) is 4.79 Å². The van der Waals surface area contributed by atoms with E-state index in [0.29, 0.717) is 22.3 Å². The molecule has 112 valence electrons. The molecule has 5 nitrogen and oxygen atoms in total. The Morgan fingerprint density at radius 3 is 3.00 bits per heavy atom. The number of carbonyl (C=O) groups is 1. The molecule has 3 heterocycles. The monoisotopic (exact) mass is 298 g/mol. The minimum absolute atomic E-state index is 0.0761. The maximum Gasteiger partial charge on any atom is 0.228 e. The number of nitrogens with two attached hydrogens (primary N) is 1. The highest BCUT2D eigenvalue weighted by Gasteiger charge is 2.19. The summed E-state index contributed by atoms with van der Waals surface area (Å²) in [6.45, 7) is 5.78. The fourth-order valence-corrected chi connectivity index (χ4v) is 2.54. The Bertz CT molecular complexity index is 860. The van der Waals surface area contributed by atoms with Gasteiger partial charge in [-0.15, -0.1) is 0 Å². The van der Waals surface area contributed by atoms with Crippen LogP contribution in [0.5, 0.6) is 0 Å². The number of allylic oxidation sites excluding steroid dienone is 4. The van der Waals surface area contributed by atoms with Gasteiger partial charge < -0.3 is 16.0 Å². The normalized spacial score (nSPS) is 15.5. The predicted molar refractivity (Wildman–Crippen MR) is 82.8 cm³/mol. The van der Waals surface area contributed by atoms with E-state index in [-0.39, 0.29) is 12.3 Å². The molecule has 4 N–H and O–H groups in total. The molecule has 1 amide bonds. The van der Waals surface area contributed by atoms with E-state index in [1.54, 1.807) is 19.2 Å². The predicted octanol–water partition coefficient (Wildman–Crippen LogP) is 2.35. The van der Waals surface area contributed by atoms with E-state index in [1.165, 1.54) is 6.07 Å². The number of aromatic nitrogens is 2. The number of amides is 1. The van der Waals surface area contributed by atoms with Crippen molar-refractivity contribution < 1.29 is 9.18 Å². The number of aromatic amines is 1. The molecular weight excluding hydrogens is 283 g/mol. The summed E-state index contributed by atoms with van der Waals surface area (Å²) >= 11 is 0. The Hall–Kier alpha value is -2.89. The summed E-state index contributed by atoms with van der Waals surface area (Å²) in [5, 5.41) is 3.36. The van der Waals surface area contributed by atoms with Crippen molar-refractivity contribution in [3.05, 3.63) is 59.5 Å². The van der Waals surface area contributed by atoms with Crippen molar-refractivity contribution in [3.8, 4) is 0 Å². The average Bonchev–Trinajstić information content (AvgIpc) is 3.01. The second kappa shape index (κ2) is 5.14. The van der Waals surface area contributed by atoms with Crippen molar-refractivity contribution in [1.82, 2.24) is 15.3 Å².